The minimum atomic E-state index is -0.803. The lowest BCUT2D eigenvalue weighted by Gasteiger charge is -2.18. The van der Waals surface area contributed by atoms with Crippen LogP contribution < -0.4 is 34.9 Å². The fourth-order valence-electron chi connectivity index (χ4n) is 5.54. The van der Waals surface area contributed by atoms with Gasteiger partial charge < -0.3 is 39.6 Å². The van der Waals surface area contributed by atoms with Crippen molar-refractivity contribution in [2.24, 2.45) is 0 Å². The fraction of sp³-hybridized carbons (Fsp3) is 0.318. The molecular formula is C44H51N3O11. The molecular weight excluding hydrogens is 746 g/mol. The molecule has 4 aromatic rings. The smallest absolute Gasteiger partial charge is 0.328 e. The first-order chi connectivity index (χ1) is 27.8. The van der Waals surface area contributed by atoms with Crippen LogP contribution in [-0.2, 0) is 59.2 Å². The minimum Gasteiger partial charge on any atom is -0.497 e. The van der Waals surface area contributed by atoms with E-state index in [4.69, 9.17) is 23.7 Å². The predicted molar refractivity (Wildman–Crippen MR) is 215 cm³/mol. The normalized spacial score (nSPS) is 11.3. The molecule has 308 valence electrons. The van der Waals surface area contributed by atoms with Crippen LogP contribution in [0.3, 0.4) is 0 Å². The molecule has 0 bridgehead atoms. The molecule has 2 unspecified atom stereocenters. The Morgan fingerprint density at radius 1 is 0.500 bits per heavy atom. The van der Waals surface area contributed by atoms with Gasteiger partial charge in [0.1, 0.15) is 35.1 Å². The van der Waals surface area contributed by atoms with Gasteiger partial charge in [-0.25, -0.2) is 4.79 Å². The lowest BCUT2D eigenvalue weighted by atomic mass is 10.0. The molecule has 0 heterocycles. The van der Waals surface area contributed by atoms with Crippen LogP contribution in [0, 0.1) is 0 Å². The topological polar surface area (TPSA) is 185 Å². The number of aryl methyl sites for hydroxylation is 2. The van der Waals surface area contributed by atoms with Gasteiger partial charge in [-0.15, -0.1) is 0 Å². The lowest BCUT2D eigenvalue weighted by molar-refractivity contribution is -0.145. The van der Waals surface area contributed by atoms with E-state index < -0.39 is 30.0 Å². The summed E-state index contributed by atoms with van der Waals surface area (Å²) in [5.41, 5.74) is 3.65. The van der Waals surface area contributed by atoms with Crippen LogP contribution in [0.4, 0.5) is 0 Å². The molecule has 4 rings (SSSR count). The number of hydrogen-bond acceptors (Lipinski definition) is 11. The van der Waals surface area contributed by atoms with Gasteiger partial charge in [-0.05, 0) is 83.6 Å². The van der Waals surface area contributed by atoms with Crippen molar-refractivity contribution in [2.45, 2.75) is 64.5 Å². The van der Waals surface area contributed by atoms with Crippen molar-refractivity contribution in [1.82, 2.24) is 16.0 Å². The fourth-order valence-corrected chi connectivity index (χ4v) is 5.54. The standard InChI is InChI=1S/C22H26N2O5.C22H25NO6/c1-15(25)29-19-11-6-17(7-12-19)14-20(22(27)23-2)24-21(26)13-8-16-4-9-18(28-3)10-5-16;1-15(24)29-19-11-6-17(7-12-19)14-20(22(26)28-3)23-21(25)13-8-16-4-9-18(27-2)10-5-16/h4-7,9-12,20H,8,13-14H2,1-3H3,(H,23,27)(H,24,26);4-7,9-12,20H,8,13-14H2,1-3H3,(H,23,25). The highest BCUT2D eigenvalue weighted by molar-refractivity contribution is 5.88. The molecule has 2 atom stereocenters. The van der Waals surface area contributed by atoms with Crippen LogP contribution in [0.5, 0.6) is 23.0 Å². The zero-order valence-corrected chi connectivity index (χ0v) is 33.6. The van der Waals surface area contributed by atoms with Crippen molar-refractivity contribution in [1.29, 1.82) is 0 Å². The van der Waals surface area contributed by atoms with Crippen LogP contribution in [0.2, 0.25) is 0 Å². The molecule has 14 nitrogen and oxygen atoms in total. The maximum Gasteiger partial charge on any atom is 0.328 e. The van der Waals surface area contributed by atoms with Crippen LogP contribution in [0.15, 0.2) is 97.1 Å². The van der Waals surface area contributed by atoms with Gasteiger partial charge in [0.15, 0.2) is 0 Å². The summed E-state index contributed by atoms with van der Waals surface area (Å²) in [4.78, 5) is 71.0. The van der Waals surface area contributed by atoms with Gasteiger partial charge in [0.05, 0.1) is 21.3 Å². The largest absolute Gasteiger partial charge is 0.497 e. The first-order valence-corrected chi connectivity index (χ1v) is 18.5. The zero-order chi connectivity index (χ0) is 42.5. The van der Waals surface area contributed by atoms with Gasteiger partial charge in [0, 0.05) is 46.6 Å². The average Bonchev–Trinajstić information content (AvgIpc) is 3.22. The van der Waals surface area contributed by atoms with Gasteiger partial charge in [0.25, 0.3) is 0 Å². The third kappa shape index (κ3) is 16.6. The molecule has 0 spiro atoms. The van der Waals surface area contributed by atoms with Gasteiger partial charge in [0.2, 0.25) is 17.7 Å². The maximum absolute atomic E-state index is 12.4. The molecule has 14 heteroatoms. The molecule has 0 aliphatic carbocycles. The van der Waals surface area contributed by atoms with Crippen molar-refractivity contribution in [3.05, 3.63) is 119 Å². The molecule has 0 saturated carbocycles. The predicted octanol–water partition coefficient (Wildman–Crippen LogP) is 4.48. The summed E-state index contributed by atoms with van der Waals surface area (Å²) < 4.78 is 25.0. The molecule has 0 fully saturated rings. The average molecular weight is 798 g/mol. The summed E-state index contributed by atoms with van der Waals surface area (Å²) in [6, 6.07) is 27.1. The van der Waals surface area contributed by atoms with E-state index in [1.54, 1.807) is 62.8 Å². The van der Waals surface area contributed by atoms with Crippen molar-refractivity contribution < 1.29 is 52.5 Å². The third-order valence-corrected chi connectivity index (χ3v) is 8.57. The zero-order valence-electron chi connectivity index (χ0n) is 33.6. The number of benzene rings is 4. The number of esters is 3. The summed E-state index contributed by atoms with van der Waals surface area (Å²) in [6.45, 7) is 2.65. The number of rotatable bonds is 18. The second-order valence-corrected chi connectivity index (χ2v) is 13.0. The quantitative estimate of drug-likeness (QED) is 0.0953. The van der Waals surface area contributed by atoms with Crippen molar-refractivity contribution >= 4 is 35.6 Å². The Morgan fingerprint density at radius 3 is 1.19 bits per heavy atom. The van der Waals surface area contributed by atoms with Gasteiger partial charge in [-0.3, -0.25) is 24.0 Å². The van der Waals surface area contributed by atoms with Crippen molar-refractivity contribution in [3.8, 4) is 23.0 Å². The van der Waals surface area contributed by atoms with Crippen LogP contribution in [0.25, 0.3) is 0 Å². The molecule has 0 aromatic heterocycles. The number of methoxy groups -OCH3 is 3. The molecule has 0 saturated heterocycles. The van der Waals surface area contributed by atoms with Crippen LogP contribution in [-0.4, -0.2) is 76.1 Å². The van der Waals surface area contributed by atoms with E-state index >= 15 is 0 Å². The minimum absolute atomic E-state index is 0.203. The Hall–Kier alpha value is -6.70. The summed E-state index contributed by atoms with van der Waals surface area (Å²) in [7, 11) is 6.01. The summed E-state index contributed by atoms with van der Waals surface area (Å²) >= 11 is 0. The van der Waals surface area contributed by atoms with E-state index in [-0.39, 0.29) is 37.0 Å². The van der Waals surface area contributed by atoms with E-state index in [0.29, 0.717) is 30.8 Å². The molecule has 4 aromatic carbocycles. The Kier molecular flexibility index (Phi) is 18.9. The molecule has 3 amide bonds. The number of carbonyl (C=O) groups is 6. The van der Waals surface area contributed by atoms with E-state index in [1.807, 2.05) is 48.5 Å². The number of nitrogens with one attached hydrogen (secondary N) is 3. The van der Waals surface area contributed by atoms with E-state index in [2.05, 4.69) is 16.0 Å². The highest BCUT2D eigenvalue weighted by atomic mass is 16.5. The van der Waals surface area contributed by atoms with Gasteiger partial charge >= 0.3 is 17.9 Å². The SMILES string of the molecule is CNC(=O)C(Cc1ccc(OC(C)=O)cc1)NC(=O)CCc1ccc(OC)cc1.COC(=O)C(Cc1ccc(OC(C)=O)cc1)NC(=O)CCc1ccc(OC)cc1. The number of hydrogen-bond donors (Lipinski definition) is 3. The van der Waals surface area contributed by atoms with E-state index in [9.17, 15) is 28.8 Å². The number of carbonyl (C=O) groups excluding carboxylic acids is 6. The summed E-state index contributed by atoms with van der Waals surface area (Å²) in [6.07, 6.45) is 2.21. The summed E-state index contributed by atoms with van der Waals surface area (Å²) in [5.74, 6) is 0.318. The Bertz CT molecular complexity index is 1800. The first kappa shape index (κ1) is 45.7. The molecule has 0 aliphatic heterocycles. The lowest BCUT2D eigenvalue weighted by Crippen LogP contribution is -2.47. The Morgan fingerprint density at radius 2 is 0.845 bits per heavy atom. The van der Waals surface area contributed by atoms with Gasteiger partial charge in [-0.1, -0.05) is 48.5 Å². The van der Waals surface area contributed by atoms with E-state index in [0.717, 1.165) is 33.8 Å². The van der Waals surface area contributed by atoms with Crippen molar-refractivity contribution in [3.63, 3.8) is 0 Å². The highest BCUT2D eigenvalue weighted by Gasteiger charge is 2.23. The van der Waals surface area contributed by atoms with E-state index in [1.165, 1.54) is 28.0 Å². The second-order valence-electron chi connectivity index (χ2n) is 13.0. The monoisotopic (exact) mass is 797 g/mol. The molecule has 3 N–H and O–H groups in total. The van der Waals surface area contributed by atoms with Gasteiger partial charge in [-0.2, -0.15) is 0 Å². The van der Waals surface area contributed by atoms with Crippen LogP contribution >= 0.6 is 0 Å². The second kappa shape index (κ2) is 24.0. The maximum atomic E-state index is 12.4. The highest BCUT2D eigenvalue weighted by Crippen LogP contribution is 2.17. The Labute approximate surface area is 338 Å². The number of likely N-dealkylation sites (N-methyl/N-ethyl adjacent to an activating group) is 1. The molecule has 58 heavy (non-hydrogen) atoms. The first-order valence-electron chi connectivity index (χ1n) is 18.5. The number of ether oxygens (including phenoxy) is 5. The van der Waals surface area contributed by atoms with Crippen LogP contribution in [0.1, 0.15) is 48.9 Å². The number of amides is 3. The Balaban J connectivity index is 0.000000310. The molecule has 0 radical (unpaired) electrons. The third-order valence-electron chi connectivity index (χ3n) is 8.57. The molecule has 0 aliphatic rings. The van der Waals surface area contributed by atoms with Crippen molar-refractivity contribution in [2.75, 3.05) is 28.4 Å². The summed E-state index contributed by atoms with van der Waals surface area (Å²) in [5, 5.41) is 8.10.